The molecule has 0 aromatic rings. The molecule has 244 valence electrons. The topological polar surface area (TPSA) is 69.1 Å². The molecule has 0 rings (SSSR count). The fraction of sp³-hybridized carbons (Fsp3) is 0.921. The minimum Gasteiger partial charge on any atom is -0.328 e. The second kappa shape index (κ2) is 32.2. The number of allylic oxidation sites excluding steroid dienone is 2. The Bertz CT molecular complexity index is 560. The first-order valence-corrected chi connectivity index (χ1v) is 18.8. The van der Waals surface area contributed by atoms with Crippen molar-refractivity contribution in [2.75, 3.05) is 6.54 Å². The molecule has 4 N–H and O–H groups in total. The lowest BCUT2D eigenvalue weighted by Crippen LogP contribution is -2.53. The van der Waals surface area contributed by atoms with Crippen molar-refractivity contribution < 1.29 is 4.79 Å². The van der Waals surface area contributed by atoms with Crippen LogP contribution in [0.5, 0.6) is 0 Å². The van der Waals surface area contributed by atoms with E-state index in [1.807, 2.05) is 0 Å². The quantitative estimate of drug-likeness (QED) is 0.0591. The molecule has 0 fully saturated rings. The van der Waals surface area contributed by atoms with Crippen molar-refractivity contribution in [3.8, 4) is 0 Å². The summed E-state index contributed by atoms with van der Waals surface area (Å²) in [7, 11) is 0. The standard InChI is InChI=1S/C38H76N2O/c1-3-5-7-9-11-13-15-17-19-21-23-25-27-29-31-33-35-38(40,36-39)37(41)34-32-30-28-26-24-22-20-18-16-14-12-10-8-6-4-2/h18,20H,3-17,19,21-36,39-40H2,1-2H3. The van der Waals surface area contributed by atoms with Crippen LogP contribution in [-0.4, -0.2) is 17.9 Å². The van der Waals surface area contributed by atoms with Crippen molar-refractivity contribution in [2.45, 2.75) is 218 Å². The molecular formula is C38H76N2O. The van der Waals surface area contributed by atoms with Crippen molar-refractivity contribution >= 4 is 5.78 Å². The second-order valence-corrected chi connectivity index (χ2v) is 13.2. The lowest BCUT2D eigenvalue weighted by Gasteiger charge is -2.26. The molecule has 0 amide bonds. The zero-order valence-corrected chi connectivity index (χ0v) is 28.3. The van der Waals surface area contributed by atoms with Crippen LogP contribution in [0.4, 0.5) is 0 Å². The molecule has 3 nitrogen and oxygen atoms in total. The van der Waals surface area contributed by atoms with Crippen LogP contribution in [0.3, 0.4) is 0 Å². The van der Waals surface area contributed by atoms with E-state index >= 15 is 0 Å². The summed E-state index contributed by atoms with van der Waals surface area (Å²) < 4.78 is 0. The molecule has 41 heavy (non-hydrogen) atoms. The van der Waals surface area contributed by atoms with E-state index in [0.29, 0.717) is 6.42 Å². The van der Waals surface area contributed by atoms with Crippen LogP contribution in [0, 0.1) is 0 Å². The van der Waals surface area contributed by atoms with Gasteiger partial charge in [0.25, 0.3) is 0 Å². The zero-order chi connectivity index (χ0) is 30.1. The Morgan fingerprint density at radius 1 is 0.488 bits per heavy atom. The van der Waals surface area contributed by atoms with Gasteiger partial charge in [0.15, 0.2) is 5.78 Å². The van der Waals surface area contributed by atoms with Gasteiger partial charge < -0.3 is 11.5 Å². The molecular weight excluding hydrogens is 500 g/mol. The van der Waals surface area contributed by atoms with Gasteiger partial charge >= 0.3 is 0 Å². The summed E-state index contributed by atoms with van der Waals surface area (Å²) >= 11 is 0. The highest BCUT2D eigenvalue weighted by Crippen LogP contribution is 2.19. The Morgan fingerprint density at radius 3 is 1.17 bits per heavy atom. The number of ketones is 1. The van der Waals surface area contributed by atoms with E-state index in [0.717, 1.165) is 25.7 Å². The average Bonchev–Trinajstić information content (AvgIpc) is 2.98. The molecule has 0 aromatic heterocycles. The summed E-state index contributed by atoms with van der Waals surface area (Å²) in [6.45, 7) is 4.85. The average molecular weight is 577 g/mol. The van der Waals surface area contributed by atoms with E-state index in [2.05, 4.69) is 26.0 Å². The minimum atomic E-state index is -0.795. The predicted molar refractivity (Wildman–Crippen MR) is 185 cm³/mol. The van der Waals surface area contributed by atoms with Crippen LogP contribution in [0.1, 0.15) is 213 Å². The van der Waals surface area contributed by atoms with E-state index < -0.39 is 5.54 Å². The largest absolute Gasteiger partial charge is 0.328 e. The Kier molecular flexibility index (Phi) is 31.7. The minimum absolute atomic E-state index is 0.193. The fourth-order valence-electron chi connectivity index (χ4n) is 5.95. The van der Waals surface area contributed by atoms with E-state index in [-0.39, 0.29) is 12.3 Å². The summed E-state index contributed by atoms with van der Waals surface area (Å²) in [4.78, 5) is 12.8. The predicted octanol–water partition coefficient (Wildman–Crippen LogP) is 11.9. The van der Waals surface area contributed by atoms with Gasteiger partial charge in [0.2, 0.25) is 0 Å². The van der Waals surface area contributed by atoms with Gasteiger partial charge in [-0.25, -0.2) is 0 Å². The van der Waals surface area contributed by atoms with Crippen LogP contribution >= 0.6 is 0 Å². The number of nitrogens with two attached hydrogens (primary N) is 2. The highest BCUT2D eigenvalue weighted by atomic mass is 16.1. The third-order valence-electron chi connectivity index (χ3n) is 9.06. The molecule has 0 aliphatic heterocycles. The SMILES string of the molecule is CCCCCCCCC=CCCCCCCCC(=O)C(N)(CN)CCCCCCCCCCCCCCCCCC. The van der Waals surface area contributed by atoms with E-state index in [9.17, 15) is 4.79 Å². The number of Topliss-reactive ketones (excluding diaryl/α,β-unsaturated/α-hetero) is 1. The van der Waals surface area contributed by atoms with Gasteiger partial charge in [0.1, 0.15) is 0 Å². The summed E-state index contributed by atoms with van der Waals surface area (Å²) in [6.07, 6.45) is 44.4. The van der Waals surface area contributed by atoms with Crippen LogP contribution in [0.15, 0.2) is 12.2 Å². The van der Waals surface area contributed by atoms with Crippen molar-refractivity contribution in [3.05, 3.63) is 12.2 Å². The van der Waals surface area contributed by atoms with E-state index in [1.165, 1.54) is 167 Å². The third kappa shape index (κ3) is 27.9. The fourth-order valence-corrected chi connectivity index (χ4v) is 5.95. The van der Waals surface area contributed by atoms with Crippen molar-refractivity contribution in [1.82, 2.24) is 0 Å². The van der Waals surface area contributed by atoms with Crippen molar-refractivity contribution in [2.24, 2.45) is 11.5 Å². The number of carbonyl (C=O) groups excluding carboxylic acids is 1. The Morgan fingerprint density at radius 2 is 0.805 bits per heavy atom. The highest BCUT2D eigenvalue weighted by Gasteiger charge is 2.30. The molecule has 3 heteroatoms. The van der Waals surface area contributed by atoms with Gasteiger partial charge in [-0.3, -0.25) is 4.79 Å². The smallest absolute Gasteiger partial charge is 0.153 e. The van der Waals surface area contributed by atoms with Crippen molar-refractivity contribution in [1.29, 1.82) is 0 Å². The Labute approximate surface area is 258 Å². The monoisotopic (exact) mass is 577 g/mol. The lowest BCUT2D eigenvalue weighted by atomic mass is 9.86. The maximum atomic E-state index is 12.8. The molecule has 0 aromatic carbocycles. The molecule has 0 aliphatic carbocycles. The van der Waals surface area contributed by atoms with Crippen LogP contribution in [0.2, 0.25) is 0 Å². The first-order chi connectivity index (χ1) is 20.1. The maximum Gasteiger partial charge on any atom is 0.153 e. The van der Waals surface area contributed by atoms with Gasteiger partial charge in [-0.05, 0) is 38.5 Å². The lowest BCUT2D eigenvalue weighted by molar-refractivity contribution is -0.124. The van der Waals surface area contributed by atoms with Crippen molar-refractivity contribution in [3.63, 3.8) is 0 Å². The Hall–Kier alpha value is -0.670. The molecule has 0 radical (unpaired) electrons. The van der Waals surface area contributed by atoms with Crippen LogP contribution in [-0.2, 0) is 4.79 Å². The summed E-state index contributed by atoms with van der Waals surface area (Å²) in [5.41, 5.74) is 11.7. The molecule has 0 saturated carbocycles. The highest BCUT2D eigenvalue weighted by molar-refractivity contribution is 5.88. The number of carbonyl (C=O) groups is 1. The first-order valence-electron chi connectivity index (χ1n) is 18.8. The molecule has 0 aliphatic rings. The molecule has 0 saturated heterocycles. The number of unbranched alkanes of at least 4 members (excludes halogenated alkanes) is 26. The van der Waals surface area contributed by atoms with E-state index in [1.54, 1.807) is 0 Å². The summed E-state index contributed by atoms with van der Waals surface area (Å²) in [5.74, 6) is 0.193. The third-order valence-corrected chi connectivity index (χ3v) is 9.06. The van der Waals surface area contributed by atoms with Gasteiger partial charge in [-0.15, -0.1) is 0 Å². The van der Waals surface area contributed by atoms with Gasteiger partial charge in [-0.2, -0.15) is 0 Å². The molecule has 0 heterocycles. The Balaban J connectivity index is 3.57. The maximum absolute atomic E-state index is 12.8. The normalized spacial score (nSPS) is 13.3. The molecule has 0 spiro atoms. The molecule has 1 atom stereocenters. The van der Waals surface area contributed by atoms with Crippen LogP contribution in [0.25, 0.3) is 0 Å². The number of rotatable bonds is 34. The van der Waals surface area contributed by atoms with E-state index in [4.69, 9.17) is 11.5 Å². The van der Waals surface area contributed by atoms with Crippen LogP contribution < -0.4 is 11.5 Å². The summed E-state index contributed by atoms with van der Waals surface area (Å²) in [6, 6.07) is 0. The molecule has 0 bridgehead atoms. The second-order valence-electron chi connectivity index (χ2n) is 13.2. The zero-order valence-electron chi connectivity index (χ0n) is 28.3. The number of hydrogen-bond acceptors (Lipinski definition) is 3. The first kappa shape index (κ1) is 40.3. The van der Waals surface area contributed by atoms with Gasteiger partial charge in [-0.1, -0.05) is 180 Å². The van der Waals surface area contributed by atoms with Gasteiger partial charge in [0.05, 0.1) is 5.54 Å². The molecule has 1 unspecified atom stereocenters. The summed E-state index contributed by atoms with van der Waals surface area (Å²) in [5, 5.41) is 0. The number of hydrogen-bond donors (Lipinski definition) is 2. The van der Waals surface area contributed by atoms with Gasteiger partial charge in [0, 0.05) is 13.0 Å².